The van der Waals surface area contributed by atoms with E-state index in [2.05, 4.69) is 4.74 Å². The van der Waals surface area contributed by atoms with Crippen LogP contribution in [0.3, 0.4) is 0 Å². The van der Waals surface area contributed by atoms with Crippen molar-refractivity contribution >= 4 is 5.97 Å². The first-order chi connectivity index (χ1) is 11.7. The first kappa shape index (κ1) is 22.3. The minimum Gasteiger partial charge on any atom is -0.439 e. The van der Waals surface area contributed by atoms with Gasteiger partial charge in [-0.05, 0) is 35.4 Å². The summed E-state index contributed by atoms with van der Waals surface area (Å²) in [5, 5.41) is 0. The van der Waals surface area contributed by atoms with Crippen LogP contribution in [0.1, 0.15) is 62.4 Å². The molecule has 1 rings (SSSR count). The fourth-order valence-electron chi connectivity index (χ4n) is 2.73. The van der Waals surface area contributed by atoms with Crippen molar-refractivity contribution < 1.29 is 35.9 Å². The van der Waals surface area contributed by atoms with E-state index in [0.717, 1.165) is 18.4 Å². The Hall–Kier alpha value is -1.73. The second-order valence-corrected chi connectivity index (χ2v) is 7.20. The molecule has 0 aromatic heterocycles. The largest absolute Gasteiger partial charge is 0.439 e. The topological polar surface area (TPSA) is 26.3 Å². The van der Waals surface area contributed by atoms with Crippen LogP contribution in [0.25, 0.3) is 0 Å². The number of esters is 1. The summed E-state index contributed by atoms with van der Waals surface area (Å²) < 4.78 is 78.6. The van der Waals surface area contributed by atoms with E-state index < -0.39 is 24.4 Å². The molecule has 0 aliphatic rings. The fourth-order valence-corrected chi connectivity index (χ4v) is 2.73. The van der Waals surface area contributed by atoms with Crippen LogP contribution in [0.4, 0.5) is 26.3 Å². The standard InChI is InChI=1S/C18H22F6O2/c1-5-6-13(16(2,3)4)11-7-9-12(10-8-11)14(25)26-15(17(19,20)21)18(22,23)24/h7-10,13,15H,5-6H2,1-4H3. The Morgan fingerprint density at radius 1 is 0.962 bits per heavy atom. The number of rotatable bonds is 5. The van der Waals surface area contributed by atoms with Crippen LogP contribution >= 0.6 is 0 Å². The molecule has 0 spiro atoms. The van der Waals surface area contributed by atoms with Gasteiger partial charge in [-0.15, -0.1) is 0 Å². The number of hydrogen-bond donors (Lipinski definition) is 0. The zero-order valence-electron chi connectivity index (χ0n) is 15.0. The van der Waals surface area contributed by atoms with Crippen LogP contribution in [-0.2, 0) is 4.74 Å². The zero-order chi connectivity index (χ0) is 20.3. The van der Waals surface area contributed by atoms with Crippen LogP contribution < -0.4 is 0 Å². The highest BCUT2D eigenvalue weighted by molar-refractivity contribution is 5.89. The lowest BCUT2D eigenvalue weighted by Gasteiger charge is -2.31. The molecule has 1 aromatic carbocycles. The summed E-state index contributed by atoms with van der Waals surface area (Å²) >= 11 is 0. The van der Waals surface area contributed by atoms with Crippen molar-refractivity contribution in [2.24, 2.45) is 5.41 Å². The molecule has 0 saturated carbocycles. The molecule has 0 aliphatic heterocycles. The van der Waals surface area contributed by atoms with E-state index >= 15 is 0 Å². The molecule has 8 heteroatoms. The Labute approximate surface area is 148 Å². The molecule has 0 bridgehead atoms. The molecule has 0 aliphatic carbocycles. The van der Waals surface area contributed by atoms with Gasteiger partial charge in [-0.3, -0.25) is 0 Å². The van der Waals surface area contributed by atoms with Gasteiger partial charge in [0.1, 0.15) is 0 Å². The lowest BCUT2D eigenvalue weighted by molar-refractivity contribution is -0.307. The molecule has 1 atom stereocenters. The van der Waals surface area contributed by atoms with Crippen LogP contribution in [0.2, 0.25) is 0 Å². The second-order valence-electron chi connectivity index (χ2n) is 7.20. The first-order valence-electron chi connectivity index (χ1n) is 8.12. The lowest BCUT2D eigenvalue weighted by atomic mass is 9.74. The number of alkyl halides is 6. The van der Waals surface area contributed by atoms with Crippen molar-refractivity contribution in [1.82, 2.24) is 0 Å². The van der Waals surface area contributed by atoms with Gasteiger partial charge >= 0.3 is 18.3 Å². The molecule has 0 fully saturated rings. The average Bonchev–Trinajstić information content (AvgIpc) is 2.46. The zero-order valence-corrected chi connectivity index (χ0v) is 15.0. The van der Waals surface area contributed by atoms with Gasteiger partial charge in [-0.2, -0.15) is 26.3 Å². The first-order valence-corrected chi connectivity index (χ1v) is 8.12. The van der Waals surface area contributed by atoms with E-state index in [-0.39, 0.29) is 16.9 Å². The normalized spacial score (nSPS) is 14.4. The van der Waals surface area contributed by atoms with Crippen molar-refractivity contribution in [1.29, 1.82) is 0 Å². The molecular formula is C18H22F6O2. The van der Waals surface area contributed by atoms with Gasteiger partial charge in [0.25, 0.3) is 6.10 Å². The maximum atomic E-state index is 12.5. The molecule has 26 heavy (non-hydrogen) atoms. The van der Waals surface area contributed by atoms with E-state index in [9.17, 15) is 31.1 Å². The smallest absolute Gasteiger partial charge is 0.434 e. The third-order valence-corrected chi connectivity index (χ3v) is 3.99. The van der Waals surface area contributed by atoms with E-state index in [1.807, 2.05) is 27.7 Å². The Balaban J connectivity index is 3.02. The number of benzene rings is 1. The molecule has 0 radical (unpaired) electrons. The van der Waals surface area contributed by atoms with Gasteiger partial charge in [0.2, 0.25) is 0 Å². The highest BCUT2D eigenvalue weighted by Crippen LogP contribution is 2.39. The van der Waals surface area contributed by atoms with Gasteiger partial charge in [0.05, 0.1) is 5.56 Å². The highest BCUT2D eigenvalue weighted by Gasteiger charge is 2.59. The molecule has 1 unspecified atom stereocenters. The van der Waals surface area contributed by atoms with Crippen molar-refractivity contribution in [3.8, 4) is 0 Å². The molecule has 0 heterocycles. The summed E-state index contributed by atoms with van der Waals surface area (Å²) in [5.74, 6) is -1.53. The summed E-state index contributed by atoms with van der Waals surface area (Å²) in [7, 11) is 0. The predicted octanol–water partition coefficient (Wildman–Crippen LogP) is 6.27. The molecule has 2 nitrogen and oxygen atoms in total. The number of carbonyl (C=O) groups excluding carboxylic acids is 1. The molecular weight excluding hydrogens is 362 g/mol. The Morgan fingerprint density at radius 3 is 1.77 bits per heavy atom. The van der Waals surface area contributed by atoms with E-state index in [1.165, 1.54) is 12.1 Å². The number of ether oxygens (including phenoxy) is 1. The SMILES string of the molecule is CCCC(c1ccc(C(=O)OC(C(F)(F)F)C(F)(F)F)cc1)C(C)(C)C. The average molecular weight is 384 g/mol. The van der Waals surface area contributed by atoms with Crippen molar-refractivity contribution in [3.63, 3.8) is 0 Å². The summed E-state index contributed by atoms with van der Waals surface area (Å²) in [5.41, 5.74) is 0.408. The van der Waals surface area contributed by atoms with Crippen LogP contribution in [-0.4, -0.2) is 24.4 Å². The fraction of sp³-hybridized carbons (Fsp3) is 0.611. The Morgan fingerprint density at radius 2 is 1.42 bits per heavy atom. The maximum absolute atomic E-state index is 12.5. The van der Waals surface area contributed by atoms with Gasteiger partial charge in [0, 0.05) is 0 Å². The van der Waals surface area contributed by atoms with Gasteiger partial charge in [-0.1, -0.05) is 46.2 Å². The Kier molecular flexibility index (Phi) is 6.76. The number of carbonyl (C=O) groups is 1. The molecule has 0 N–H and O–H groups in total. The molecule has 0 amide bonds. The van der Waals surface area contributed by atoms with Gasteiger partial charge in [0.15, 0.2) is 0 Å². The molecule has 148 valence electrons. The van der Waals surface area contributed by atoms with Gasteiger partial charge < -0.3 is 4.74 Å². The second kappa shape index (κ2) is 7.88. The van der Waals surface area contributed by atoms with Crippen molar-refractivity contribution in [2.75, 3.05) is 0 Å². The minimum absolute atomic E-state index is 0.0876. The molecule has 1 aromatic rings. The molecule has 0 saturated heterocycles. The lowest BCUT2D eigenvalue weighted by Crippen LogP contribution is -2.45. The van der Waals surface area contributed by atoms with Crippen LogP contribution in [0.15, 0.2) is 24.3 Å². The Bertz CT molecular complexity index is 582. The third kappa shape index (κ3) is 5.92. The third-order valence-electron chi connectivity index (χ3n) is 3.99. The monoisotopic (exact) mass is 384 g/mol. The highest BCUT2D eigenvalue weighted by atomic mass is 19.4. The van der Waals surface area contributed by atoms with Crippen molar-refractivity contribution in [3.05, 3.63) is 35.4 Å². The summed E-state index contributed by atoms with van der Waals surface area (Å²) in [4.78, 5) is 11.7. The quantitative estimate of drug-likeness (QED) is 0.442. The van der Waals surface area contributed by atoms with Gasteiger partial charge in [-0.25, -0.2) is 4.79 Å². The van der Waals surface area contributed by atoms with E-state index in [0.29, 0.717) is 0 Å². The maximum Gasteiger partial charge on any atom is 0.434 e. The minimum atomic E-state index is -5.73. The summed E-state index contributed by atoms with van der Waals surface area (Å²) in [6.07, 6.45) is -13.8. The summed E-state index contributed by atoms with van der Waals surface area (Å²) in [6, 6.07) is 5.46. The number of halogens is 6. The van der Waals surface area contributed by atoms with E-state index in [1.54, 1.807) is 12.1 Å². The van der Waals surface area contributed by atoms with Crippen molar-refractivity contribution in [2.45, 2.75) is 64.9 Å². The van der Waals surface area contributed by atoms with Crippen LogP contribution in [0, 0.1) is 5.41 Å². The summed E-state index contributed by atoms with van der Waals surface area (Å²) in [6.45, 7) is 8.12. The predicted molar refractivity (Wildman–Crippen MR) is 84.9 cm³/mol. The van der Waals surface area contributed by atoms with Crippen LogP contribution in [0.5, 0.6) is 0 Å². The number of hydrogen-bond acceptors (Lipinski definition) is 2. The van der Waals surface area contributed by atoms with E-state index in [4.69, 9.17) is 0 Å².